The molecule has 2 aliphatic carbocycles. The largest absolute Gasteiger partial charge is 0.871 e. The number of anilines is 3. The van der Waals surface area contributed by atoms with Crippen molar-refractivity contribution < 1.29 is 24.6 Å². The SMILES string of the molecule is CCCCC(CC)COc1ccc(B2Nc3cccc4ccc(C5=C([O-])/C(=C6/C=Cc7cccc8c7C6[NH2+]B(c6ccc(OCC(CC)CCCC)cc6)N8)C5=O)c(c34)N2)cc1. The van der Waals surface area contributed by atoms with Crippen molar-refractivity contribution in [1.82, 2.24) is 0 Å². The number of hydrogen-bond acceptors (Lipinski definition) is 7. The summed E-state index contributed by atoms with van der Waals surface area (Å²) in [5.41, 5.74) is 8.98. The predicted molar refractivity (Wildman–Crippen MR) is 255 cm³/mol. The fourth-order valence-corrected chi connectivity index (χ4v) is 9.69. The second-order valence-electron chi connectivity index (χ2n) is 17.5. The molecule has 0 radical (unpaired) electrons. The zero-order chi connectivity index (χ0) is 42.7. The number of allylic oxidation sites excluding steroid dienone is 2. The molecule has 4 aliphatic rings. The minimum absolute atomic E-state index is 0.128. The van der Waals surface area contributed by atoms with Crippen molar-refractivity contribution in [2.45, 2.75) is 85.1 Å². The fourth-order valence-electron chi connectivity index (χ4n) is 9.69. The van der Waals surface area contributed by atoms with Crippen molar-refractivity contribution in [2.24, 2.45) is 11.8 Å². The summed E-state index contributed by atoms with van der Waals surface area (Å²) in [5, 5.41) is 29.9. The zero-order valence-corrected chi connectivity index (χ0v) is 36.6. The molecule has 0 fully saturated rings. The van der Waals surface area contributed by atoms with E-state index in [0.29, 0.717) is 17.4 Å². The molecule has 10 heteroatoms. The second kappa shape index (κ2) is 18.2. The molecule has 0 aromatic heterocycles. The highest BCUT2D eigenvalue weighted by atomic mass is 16.5. The third kappa shape index (κ3) is 8.01. The molecule has 2 heterocycles. The van der Waals surface area contributed by atoms with Crippen molar-refractivity contribution >= 4 is 70.2 Å². The lowest BCUT2D eigenvalue weighted by Crippen LogP contribution is -3.00. The van der Waals surface area contributed by atoms with E-state index in [4.69, 9.17) is 9.47 Å². The van der Waals surface area contributed by atoms with E-state index in [2.05, 4.69) is 115 Å². The standard InChI is InChI=1S/C52H58B2N4O4/c1-5-9-13-33(7-3)31-61-39-25-21-37(22-26-39)53-55-43-17-11-15-35-19-29-41(49(57-53)45(35)43)47-51(59)48(52(47)60)42-30-20-36-16-12-18-44-46(36)50(42)58-54(56-44)38-23-27-40(28-24-38)62-32-34(8-4)14-10-6-2/h11-12,15-30,33-34,49,55-59H,5-10,13-14,31-32H2,1-4H3/b47-41+. The molecule has 3 unspecified atom stereocenters. The highest BCUT2D eigenvalue weighted by Gasteiger charge is 2.44. The Morgan fingerprint density at radius 1 is 0.694 bits per heavy atom. The molecular formula is C52H58B2N4O4. The molecule has 9 rings (SSSR count). The van der Waals surface area contributed by atoms with Crippen LogP contribution in [0, 0.1) is 11.8 Å². The summed E-state index contributed by atoms with van der Waals surface area (Å²) in [7, 11) is 0. The van der Waals surface area contributed by atoms with E-state index in [1.54, 1.807) is 0 Å². The van der Waals surface area contributed by atoms with Crippen LogP contribution in [0.4, 0.5) is 17.1 Å². The average Bonchev–Trinajstić information content (AvgIpc) is 3.31. The number of carbonyl (C=O) groups excluding carboxylic acids is 1. The molecule has 2 aliphatic heterocycles. The van der Waals surface area contributed by atoms with E-state index >= 15 is 0 Å². The Bertz CT molecular complexity index is 2550. The first-order valence-corrected chi connectivity index (χ1v) is 23.1. The second-order valence-corrected chi connectivity index (χ2v) is 17.5. The van der Waals surface area contributed by atoms with Crippen molar-refractivity contribution in [2.75, 3.05) is 28.9 Å². The maximum absolute atomic E-state index is 14.6. The molecular weight excluding hydrogens is 766 g/mol. The number of Topliss-reactive ketones (excluding diaryl/α,β-unsaturated/α-hetero) is 1. The lowest BCUT2D eigenvalue weighted by atomic mass is 9.62. The van der Waals surface area contributed by atoms with Crippen LogP contribution < -0.4 is 46.4 Å². The molecule has 3 atom stereocenters. The number of unbranched alkanes of at least 4 members (excludes halogenated alkanes) is 2. The first-order valence-electron chi connectivity index (χ1n) is 23.1. The Morgan fingerprint density at radius 2 is 1.34 bits per heavy atom. The van der Waals surface area contributed by atoms with Gasteiger partial charge in [-0.25, -0.2) is 0 Å². The molecule has 5 N–H and O–H groups in total. The Labute approximate surface area is 367 Å². The van der Waals surface area contributed by atoms with E-state index in [1.165, 1.54) is 38.5 Å². The van der Waals surface area contributed by atoms with Crippen LogP contribution in [-0.2, 0) is 4.79 Å². The average molecular weight is 825 g/mol. The number of ketones is 1. The number of hydrogen-bond donors (Lipinski definition) is 4. The van der Waals surface area contributed by atoms with Gasteiger partial charge in [0.1, 0.15) is 17.5 Å². The first kappa shape index (κ1) is 41.5. The fraction of sp³-hybridized carbons (Fsp3) is 0.327. The van der Waals surface area contributed by atoms with E-state index in [-0.39, 0.29) is 42.7 Å². The van der Waals surface area contributed by atoms with Gasteiger partial charge in [0.05, 0.1) is 13.2 Å². The normalized spacial score (nSPS) is 18.4. The van der Waals surface area contributed by atoms with Crippen LogP contribution in [0.15, 0.2) is 120 Å². The quantitative estimate of drug-likeness (QED) is 0.0551. The molecule has 0 saturated carbocycles. The van der Waals surface area contributed by atoms with Crippen molar-refractivity contribution in [3.63, 3.8) is 0 Å². The molecule has 316 valence electrons. The van der Waals surface area contributed by atoms with Gasteiger partial charge in [-0.05, 0) is 77.5 Å². The molecule has 8 nitrogen and oxygen atoms in total. The number of benzene rings is 5. The van der Waals surface area contributed by atoms with Crippen molar-refractivity contribution in [3.05, 3.63) is 137 Å². The van der Waals surface area contributed by atoms with Gasteiger partial charge in [-0.2, -0.15) is 0 Å². The van der Waals surface area contributed by atoms with Gasteiger partial charge in [-0.15, -0.1) is 0 Å². The molecule has 0 saturated heterocycles. The third-order valence-electron chi connectivity index (χ3n) is 13.5. The Morgan fingerprint density at radius 3 is 1.98 bits per heavy atom. The smallest absolute Gasteiger partial charge is 0.562 e. The summed E-state index contributed by atoms with van der Waals surface area (Å²) >= 11 is 0. The van der Waals surface area contributed by atoms with Gasteiger partial charge in [0.2, 0.25) is 0 Å². The monoisotopic (exact) mass is 824 g/mol. The molecule has 5 aromatic rings. The number of quaternary nitrogens is 1. The molecule has 0 bridgehead atoms. The van der Waals surface area contributed by atoms with Crippen molar-refractivity contribution in [1.29, 1.82) is 0 Å². The summed E-state index contributed by atoms with van der Waals surface area (Å²) < 4.78 is 12.5. The first-order chi connectivity index (χ1) is 30.4. The van der Waals surface area contributed by atoms with Gasteiger partial charge in [0.25, 0.3) is 0 Å². The van der Waals surface area contributed by atoms with E-state index in [0.717, 1.165) is 93.0 Å². The van der Waals surface area contributed by atoms with Crippen LogP contribution in [0.25, 0.3) is 22.4 Å². The summed E-state index contributed by atoms with van der Waals surface area (Å²) in [4.78, 5) is 14.6. The van der Waals surface area contributed by atoms with Crippen LogP contribution in [0.3, 0.4) is 0 Å². The maximum atomic E-state index is 14.6. The summed E-state index contributed by atoms with van der Waals surface area (Å²) in [5.74, 6) is 2.42. The number of carbonyl (C=O) groups is 1. The van der Waals surface area contributed by atoms with Gasteiger partial charge in [0, 0.05) is 55.8 Å². The molecule has 0 amide bonds. The van der Waals surface area contributed by atoms with Gasteiger partial charge < -0.3 is 35.5 Å². The maximum Gasteiger partial charge on any atom is 0.562 e. The topological polar surface area (TPSA) is 111 Å². The van der Waals surface area contributed by atoms with Gasteiger partial charge in [-0.1, -0.05) is 145 Å². The summed E-state index contributed by atoms with van der Waals surface area (Å²) in [6.45, 7) is 9.97. The van der Waals surface area contributed by atoms with Crippen molar-refractivity contribution in [3.8, 4) is 11.5 Å². The number of ether oxygens (including phenoxy) is 2. The summed E-state index contributed by atoms with van der Waals surface area (Å²) in [6, 6.07) is 32.7. The summed E-state index contributed by atoms with van der Waals surface area (Å²) in [6.07, 6.45) is 13.5. The van der Waals surface area contributed by atoms with Gasteiger partial charge >= 0.3 is 14.0 Å². The van der Waals surface area contributed by atoms with Crippen LogP contribution in [0.1, 0.15) is 102 Å². The lowest BCUT2D eigenvalue weighted by Gasteiger charge is -2.39. The number of nitrogens with two attached hydrogens (primary N) is 1. The minimum Gasteiger partial charge on any atom is -0.871 e. The van der Waals surface area contributed by atoms with Crippen LogP contribution in [0.2, 0.25) is 0 Å². The van der Waals surface area contributed by atoms with Gasteiger partial charge in [-0.3, -0.25) is 4.79 Å². The van der Waals surface area contributed by atoms with E-state index < -0.39 is 0 Å². The third-order valence-corrected chi connectivity index (χ3v) is 13.5. The predicted octanol–water partition coefficient (Wildman–Crippen LogP) is 8.37. The molecule has 62 heavy (non-hydrogen) atoms. The van der Waals surface area contributed by atoms with E-state index in [9.17, 15) is 9.90 Å². The lowest BCUT2D eigenvalue weighted by molar-refractivity contribution is -0.559. The minimum atomic E-state index is -0.280. The number of rotatable bonds is 17. The van der Waals surface area contributed by atoms with E-state index in [1.807, 2.05) is 42.5 Å². The zero-order valence-electron chi connectivity index (χ0n) is 36.6. The van der Waals surface area contributed by atoms with Crippen LogP contribution in [-0.4, -0.2) is 33.0 Å². The Hall–Kier alpha value is -5.86. The highest BCUT2D eigenvalue weighted by molar-refractivity contribution is 6.80. The van der Waals surface area contributed by atoms with Gasteiger partial charge in [0.15, 0.2) is 5.78 Å². The number of nitrogens with one attached hydrogen (secondary N) is 3. The Balaban J connectivity index is 0.985. The molecule has 5 aromatic carbocycles. The Kier molecular flexibility index (Phi) is 12.2. The van der Waals surface area contributed by atoms with Crippen LogP contribution in [0.5, 0.6) is 11.5 Å². The van der Waals surface area contributed by atoms with Crippen LogP contribution >= 0.6 is 0 Å². The highest BCUT2D eigenvalue weighted by Crippen LogP contribution is 2.47. The molecule has 0 spiro atoms.